The third kappa shape index (κ3) is 4.63. The second-order valence-corrected chi connectivity index (χ2v) is 7.25. The smallest absolute Gasteiger partial charge is 0.318 e. The SMILES string of the molecule is CC(=O)Nc1cc(F)c(S(=O)(=O)N(CC(=O)O)C(C)C)cc1Cl. The van der Waals surface area contributed by atoms with Crippen molar-refractivity contribution in [3.63, 3.8) is 0 Å². The summed E-state index contributed by atoms with van der Waals surface area (Å²) in [5, 5.41) is 10.9. The monoisotopic (exact) mass is 366 g/mol. The molecular formula is C13H16ClFN2O5S. The van der Waals surface area contributed by atoms with Crippen LogP contribution in [-0.2, 0) is 19.6 Å². The molecule has 0 aromatic heterocycles. The zero-order valence-corrected chi connectivity index (χ0v) is 14.2. The molecule has 0 heterocycles. The molecule has 1 aromatic rings. The highest BCUT2D eigenvalue weighted by Gasteiger charge is 2.32. The molecule has 0 spiro atoms. The van der Waals surface area contributed by atoms with E-state index in [4.69, 9.17) is 16.7 Å². The van der Waals surface area contributed by atoms with Gasteiger partial charge in [-0.3, -0.25) is 9.59 Å². The number of aliphatic carboxylic acids is 1. The third-order valence-corrected chi connectivity index (χ3v) is 5.14. The van der Waals surface area contributed by atoms with Gasteiger partial charge in [0.25, 0.3) is 0 Å². The Morgan fingerprint density at radius 2 is 1.96 bits per heavy atom. The van der Waals surface area contributed by atoms with E-state index >= 15 is 0 Å². The normalized spacial score (nSPS) is 11.8. The largest absolute Gasteiger partial charge is 0.480 e. The number of anilines is 1. The van der Waals surface area contributed by atoms with Gasteiger partial charge in [0, 0.05) is 19.0 Å². The molecule has 0 bridgehead atoms. The molecule has 0 aliphatic rings. The summed E-state index contributed by atoms with van der Waals surface area (Å²) in [6, 6.07) is 0.911. The van der Waals surface area contributed by atoms with Gasteiger partial charge >= 0.3 is 5.97 Å². The van der Waals surface area contributed by atoms with Gasteiger partial charge in [-0.1, -0.05) is 11.6 Å². The first-order valence-electron chi connectivity index (χ1n) is 6.47. The maximum absolute atomic E-state index is 14.2. The zero-order chi connectivity index (χ0) is 17.9. The molecule has 23 heavy (non-hydrogen) atoms. The summed E-state index contributed by atoms with van der Waals surface area (Å²) in [7, 11) is -4.41. The Hall–Kier alpha value is -1.71. The van der Waals surface area contributed by atoms with E-state index < -0.39 is 45.2 Å². The molecule has 1 aromatic carbocycles. The van der Waals surface area contributed by atoms with Crippen molar-refractivity contribution in [3.8, 4) is 0 Å². The summed E-state index contributed by atoms with van der Waals surface area (Å²) in [4.78, 5) is 21.1. The second-order valence-electron chi connectivity index (χ2n) is 4.98. The summed E-state index contributed by atoms with van der Waals surface area (Å²) < 4.78 is 39.8. The molecule has 1 rings (SSSR count). The zero-order valence-electron chi connectivity index (χ0n) is 12.6. The Labute approximate surface area is 138 Å². The van der Waals surface area contributed by atoms with Gasteiger partial charge in [-0.05, 0) is 19.9 Å². The number of amides is 1. The van der Waals surface area contributed by atoms with Crippen molar-refractivity contribution in [3.05, 3.63) is 23.0 Å². The molecule has 0 radical (unpaired) electrons. The Kier molecular flexibility index (Phi) is 6.09. The first-order valence-corrected chi connectivity index (χ1v) is 8.29. The lowest BCUT2D eigenvalue weighted by molar-refractivity contribution is -0.137. The van der Waals surface area contributed by atoms with Gasteiger partial charge < -0.3 is 10.4 Å². The van der Waals surface area contributed by atoms with Crippen molar-refractivity contribution in [2.24, 2.45) is 0 Å². The molecule has 0 saturated carbocycles. The molecule has 1 amide bonds. The lowest BCUT2D eigenvalue weighted by Crippen LogP contribution is -2.40. The van der Waals surface area contributed by atoms with Crippen LogP contribution < -0.4 is 5.32 Å². The molecule has 0 saturated heterocycles. The van der Waals surface area contributed by atoms with Crippen molar-refractivity contribution in [2.75, 3.05) is 11.9 Å². The van der Waals surface area contributed by atoms with E-state index in [0.717, 1.165) is 12.1 Å². The van der Waals surface area contributed by atoms with Gasteiger partial charge in [-0.2, -0.15) is 4.31 Å². The molecule has 0 aliphatic carbocycles. The maximum Gasteiger partial charge on any atom is 0.318 e. The van der Waals surface area contributed by atoms with Crippen LogP contribution in [0.3, 0.4) is 0 Å². The van der Waals surface area contributed by atoms with Crippen LogP contribution in [0.15, 0.2) is 17.0 Å². The van der Waals surface area contributed by atoms with Crippen LogP contribution in [0.1, 0.15) is 20.8 Å². The van der Waals surface area contributed by atoms with Gasteiger partial charge in [0.2, 0.25) is 15.9 Å². The average molecular weight is 367 g/mol. The van der Waals surface area contributed by atoms with Crippen molar-refractivity contribution in [1.29, 1.82) is 0 Å². The molecule has 7 nitrogen and oxygen atoms in total. The highest BCUT2D eigenvalue weighted by atomic mass is 35.5. The minimum absolute atomic E-state index is 0.0788. The topological polar surface area (TPSA) is 104 Å². The van der Waals surface area contributed by atoms with Crippen LogP contribution in [0.2, 0.25) is 5.02 Å². The molecule has 0 aliphatic heterocycles. The third-order valence-electron chi connectivity index (χ3n) is 2.79. The molecule has 10 heteroatoms. The van der Waals surface area contributed by atoms with Crippen LogP contribution in [0.25, 0.3) is 0 Å². The predicted molar refractivity (Wildman–Crippen MR) is 82.4 cm³/mol. The second kappa shape index (κ2) is 7.24. The van der Waals surface area contributed by atoms with Crippen LogP contribution in [0, 0.1) is 5.82 Å². The number of carboxylic acid groups (broad SMARTS) is 1. The first-order chi connectivity index (χ1) is 10.5. The highest BCUT2D eigenvalue weighted by molar-refractivity contribution is 7.89. The van der Waals surface area contributed by atoms with Crippen molar-refractivity contribution >= 4 is 39.2 Å². The van der Waals surface area contributed by atoms with Gasteiger partial charge in [0.05, 0.1) is 10.7 Å². The molecular weight excluding hydrogens is 351 g/mol. The van der Waals surface area contributed by atoms with Crippen molar-refractivity contribution in [1.82, 2.24) is 4.31 Å². The summed E-state index contributed by atoms with van der Waals surface area (Å²) >= 11 is 5.86. The number of rotatable bonds is 6. The minimum Gasteiger partial charge on any atom is -0.480 e. The number of hydrogen-bond donors (Lipinski definition) is 2. The Morgan fingerprint density at radius 3 is 2.39 bits per heavy atom. The number of benzene rings is 1. The predicted octanol–water partition coefficient (Wildman–Crippen LogP) is 1.92. The molecule has 2 N–H and O–H groups in total. The molecule has 128 valence electrons. The van der Waals surface area contributed by atoms with E-state index in [9.17, 15) is 22.4 Å². The van der Waals surface area contributed by atoms with Gasteiger partial charge in [0.1, 0.15) is 17.3 Å². The lowest BCUT2D eigenvalue weighted by Gasteiger charge is -2.24. The average Bonchev–Trinajstić information content (AvgIpc) is 2.38. The molecule has 0 fully saturated rings. The summed E-state index contributed by atoms with van der Waals surface area (Å²) in [5.74, 6) is -3.02. The van der Waals surface area contributed by atoms with Gasteiger partial charge in [-0.25, -0.2) is 12.8 Å². The summed E-state index contributed by atoms with van der Waals surface area (Å²) in [6.45, 7) is 3.30. The van der Waals surface area contributed by atoms with Crippen LogP contribution in [0.5, 0.6) is 0 Å². The van der Waals surface area contributed by atoms with E-state index in [0.29, 0.717) is 4.31 Å². The number of hydrogen-bond acceptors (Lipinski definition) is 4. The summed E-state index contributed by atoms with van der Waals surface area (Å²) in [5.41, 5.74) is -0.0788. The fourth-order valence-electron chi connectivity index (χ4n) is 1.82. The van der Waals surface area contributed by atoms with Crippen LogP contribution in [0.4, 0.5) is 10.1 Å². The summed E-state index contributed by atoms with van der Waals surface area (Å²) in [6.07, 6.45) is 0. The van der Waals surface area contributed by atoms with Crippen LogP contribution in [-0.4, -0.2) is 42.3 Å². The van der Waals surface area contributed by atoms with Gasteiger partial charge in [0.15, 0.2) is 0 Å². The number of halogens is 2. The standard InChI is InChI=1S/C13H16ClFN2O5S/c1-7(2)17(6-13(19)20)23(21,22)12-4-9(14)11(5-10(12)15)16-8(3)18/h4-5,7H,6H2,1-3H3,(H,16,18)(H,19,20). The molecule has 0 unspecified atom stereocenters. The first kappa shape index (κ1) is 19.3. The Morgan fingerprint density at radius 1 is 1.39 bits per heavy atom. The van der Waals surface area contributed by atoms with Gasteiger partial charge in [-0.15, -0.1) is 0 Å². The number of carbonyl (C=O) groups excluding carboxylic acids is 1. The van der Waals surface area contributed by atoms with Crippen molar-refractivity contribution < 1.29 is 27.5 Å². The fraction of sp³-hybridized carbons (Fsp3) is 0.385. The minimum atomic E-state index is -4.41. The Balaban J connectivity index is 3.40. The quantitative estimate of drug-likeness (QED) is 0.800. The molecule has 0 atom stereocenters. The lowest BCUT2D eigenvalue weighted by atomic mass is 10.3. The number of nitrogens with zero attached hydrogens (tertiary/aromatic N) is 1. The van der Waals surface area contributed by atoms with E-state index in [1.807, 2.05) is 0 Å². The van der Waals surface area contributed by atoms with E-state index in [1.165, 1.54) is 20.8 Å². The van der Waals surface area contributed by atoms with Crippen molar-refractivity contribution in [2.45, 2.75) is 31.7 Å². The number of sulfonamides is 1. The number of carboxylic acids is 1. The number of carbonyl (C=O) groups is 2. The van der Waals surface area contributed by atoms with Crippen LogP contribution >= 0.6 is 11.6 Å². The number of nitrogens with one attached hydrogen (secondary N) is 1. The van der Waals surface area contributed by atoms with E-state index in [2.05, 4.69) is 5.32 Å². The highest BCUT2D eigenvalue weighted by Crippen LogP contribution is 2.30. The Bertz CT molecular complexity index is 736. The van der Waals surface area contributed by atoms with E-state index in [-0.39, 0.29) is 10.7 Å². The maximum atomic E-state index is 14.2. The van der Waals surface area contributed by atoms with E-state index in [1.54, 1.807) is 0 Å². The fourth-order valence-corrected chi connectivity index (χ4v) is 3.75.